The Bertz CT molecular complexity index is 2730. The van der Waals surface area contributed by atoms with Gasteiger partial charge >= 0.3 is 0 Å². The van der Waals surface area contributed by atoms with Crippen LogP contribution < -0.4 is 0 Å². The Morgan fingerprint density at radius 2 is 0.833 bits per heavy atom. The normalized spacial score (nSPS) is 11.3. The van der Waals surface area contributed by atoms with Gasteiger partial charge in [0.1, 0.15) is 0 Å². The van der Waals surface area contributed by atoms with E-state index in [4.69, 9.17) is 0 Å². The first-order valence-corrected chi connectivity index (χ1v) is 15.9. The highest BCUT2D eigenvalue weighted by atomic mass is 15.0. The molecule has 2 heterocycles. The van der Waals surface area contributed by atoms with E-state index in [1.54, 1.807) is 18.2 Å². The number of hydrogen-bond acceptors (Lipinski definition) is 2. The van der Waals surface area contributed by atoms with E-state index < -0.39 is 0 Å². The van der Waals surface area contributed by atoms with E-state index >= 15 is 0 Å². The van der Waals surface area contributed by atoms with E-state index in [2.05, 4.69) is 143 Å². The molecule has 0 bridgehead atoms. The molecule has 0 saturated heterocycles. The third-order valence-corrected chi connectivity index (χ3v) is 9.39. The predicted molar refractivity (Wildman–Crippen MR) is 195 cm³/mol. The van der Waals surface area contributed by atoms with Crippen LogP contribution in [-0.4, -0.2) is 9.13 Å². The maximum absolute atomic E-state index is 10.0. The molecule has 0 atom stereocenters. The molecular weight excluding hydrogens is 585 g/mol. The molecule has 4 heteroatoms. The Kier molecular flexibility index (Phi) is 6.22. The summed E-state index contributed by atoms with van der Waals surface area (Å²) in [7, 11) is 0. The van der Waals surface area contributed by atoms with Crippen molar-refractivity contribution in [2.45, 2.75) is 0 Å². The lowest BCUT2D eigenvalue weighted by Crippen LogP contribution is -1.96. The molecule has 0 N–H and O–H groups in total. The number of fused-ring (bicyclic) bond motifs is 6. The highest BCUT2D eigenvalue weighted by molar-refractivity contribution is 6.16. The lowest BCUT2D eigenvalue weighted by Gasteiger charge is -2.13. The van der Waals surface area contributed by atoms with Gasteiger partial charge in [0, 0.05) is 38.5 Å². The zero-order valence-electron chi connectivity index (χ0n) is 25.8. The van der Waals surface area contributed by atoms with Crippen LogP contribution >= 0.6 is 0 Å². The molecule has 9 aromatic rings. The Morgan fingerprint density at radius 1 is 0.396 bits per heavy atom. The van der Waals surface area contributed by atoms with Crippen LogP contribution in [-0.2, 0) is 0 Å². The second-order valence-corrected chi connectivity index (χ2v) is 12.0. The molecule has 0 aliphatic rings. The molecule has 0 radical (unpaired) electrons. The third kappa shape index (κ3) is 4.07. The summed E-state index contributed by atoms with van der Waals surface area (Å²) in [6, 6.07) is 59.1. The summed E-state index contributed by atoms with van der Waals surface area (Å²) < 4.78 is 4.64. The van der Waals surface area contributed by atoms with Gasteiger partial charge in [-0.05, 0) is 77.4 Å². The molecule has 2 aromatic heterocycles. The number of nitrogens with zero attached hydrogens (tertiary/aromatic N) is 4. The van der Waals surface area contributed by atoms with E-state index in [0.717, 1.165) is 49.9 Å². The Labute approximate surface area is 277 Å². The minimum Gasteiger partial charge on any atom is -0.309 e. The predicted octanol–water partition coefficient (Wildman–Crippen LogP) is 11.0. The molecule has 222 valence electrons. The Hall–Kier alpha value is -6.88. The SMILES string of the molecule is N#Cc1cccc(C#N)c1-c1cccc2c1c1ccccc1n2-c1cccc(-c2cccc(-n3c4ccccc4c4ccccc43)c2)c1. The van der Waals surface area contributed by atoms with Gasteiger partial charge in [-0.2, -0.15) is 10.5 Å². The molecular formula is C44H26N4. The first-order chi connectivity index (χ1) is 23.7. The quantitative estimate of drug-likeness (QED) is 0.199. The number of rotatable bonds is 4. The molecule has 48 heavy (non-hydrogen) atoms. The van der Waals surface area contributed by atoms with Gasteiger partial charge in [-0.25, -0.2) is 0 Å². The summed E-state index contributed by atoms with van der Waals surface area (Å²) in [5.41, 5.74) is 11.4. The average Bonchev–Trinajstić information content (AvgIpc) is 3.68. The molecule has 9 rings (SSSR count). The van der Waals surface area contributed by atoms with Crippen LogP contribution in [0.5, 0.6) is 0 Å². The van der Waals surface area contributed by atoms with E-state index in [1.165, 1.54) is 21.8 Å². The van der Waals surface area contributed by atoms with Crippen molar-refractivity contribution in [2.75, 3.05) is 0 Å². The van der Waals surface area contributed by atoms with Gasteiger partial charge in [-0.3, -0.25) is 0 Å². The van der Waals surface area contributed by atoms with Crippen molar-refractivity contribution in [1.29, 1.82) is 10.5 Å². The van der Waals surface area contributed by atoms with Crippen LogP contribution in [0.25, 0.3) is 77.2 Å². The summed E-state index contributed by atoms with van der Waals surface area (Å²) in [4.78, 5) is 0. The van der Waals surface area contributed by atoms with E-state index in [-0.39, 0.29) is 0 Å². The second kappa shape index (κ2) is 10.9. The molecule has 0 saturated carbocycles. The van der Waals surface area contributed by atoms with Gasteiger partial charge < -0.3 is 9.13 Å². The van der Waals surface area contributed by atoms with Crippen LogP contribution in [0.15, 0.2) is 158 Å². The van der Waals surface area contributed by atoms with Crippen molar-refractivity contribution in [3.63, 3.8) is 0 Å². The molecule has 0 aliphatic carbocycles. The zero-order valence-corrected chi connectivity index (χ0v) is 25.8. The molecule has 0 aliphatic heterocycles. The van der Waals surface area contributed by atoms with Gasteiger partial charge in [-0.15, -0.1) is 0 Å². The standard InChI is InChI=1S/C44H26N4/c45-27-31-13-7-14-32(28-46)43(31)38-20-10-24-42-44(38)37-19-3-6-23-41(37)48(42)34-16-9-12-30(26-34)29-11-8-15-33(25-29)47-39-21-4-1-17-35(39)36-18-2-5-22-40(36)47/h1-26H. The molecule has 0 fully saturated rings. The van der Waals surface area contributed by atoms with Crippen molar-refractivity contribution in [1.82, 2.24) is 9.13 Å². The van der Waals surface area contributed by atoms with Crippen LogP contribution in [0.3, 0.4) is 0 Å². The fourth-order valence-corrected chi connectivity index (χ4v) is 7.38. The Morgan fingerprint density at radius 3 is 1.40 bits per heavy atom. The van der Waals surface area contributed by atoms with Gasteiger partial charge in [0.2, 0.25) is 0 Å². The number of hydrogen-bond donors (Lipinski definition) is 0. The topological polar surface area (TPSA) is 57.4 Å². The van der Waals surface area contributed by atoms with E-state index in [0.29, 0.717) is 16.7 Å². The fourth-order valence-electron chi connectivity index (χ4n) is 7.38. The van der Waals surface area contributed by atoms with Gasteiger partial charge in [0.15, 0.2) is 0 Å². The highest BCUT2D eigenvalue weighted by Crippen LogP contribution is 2.41. The van der Waals surface area contributed by atoms with Gasteiger partial charge in [0.05, 0.1) is 45.3 Å². The van der Waals surface area contributed by atoms with Crippen LogP contribution in [0.2, 0.25) is 0 Å². The zero-order chi connectivity index (χ0) is 32.2. The maximum Gasteiger partial charge on any atom is 0.0998 e. The van der Waals surface area contributed by atoms with Crippen LogP contribution in [0, 0.1) is 22.7 Å². The van der Waals surface area contributed by atoms with Gasteiger partial charge in [0.25, 0.3) is 0 Å². The van der Waals surface area contributed by atoms with Gasteiger partial charge in [-0.1, -0.05) is 97.1 Å². The molecule has 0 unspecified atom stereocenters. The van der Waals surface area contributed by atoms with Crippen molar-refractivity contribution in [2.24, 2.45) is 0 Å². The summed E-state index contributed by atoms with van der Waals surface area (Å²) in [6.45, 7) is 0. The van der Waals surface area contributed by atoms with Crippen molar-refractivity contribution in [3.8, 4) is 45.8 Å². The number of aromatic nitrogens is 2. The second-order valence-electron chi connectivity index (χ2n) is 12.0. The lowest BCUT2D eigenvalue weighted by atomic mass is 9.92. The summed E-state index contributed by atoms with van der Waals surface area (Å²) in [6.07, 6.45) is 0. The molecule has 0 amide bonds. The van der Waals surface area contributed by atoms with Crippen LogP contribution in [0.4, 0.5) is 0 Å². The number of nitriles is 2. The summed E-state index contributed by atoms with van der Waals surface area (Å²) in [5, 5.41) is 24.6. The fraction of sp³-hybridized carbons (Fsp3) is 0. The Balaban J connectivity index is 1.24. The average molecular weight is 611 g/mol. The number of benzene rings is 7. The summed E-state index contributed by atoms with van der Waals surface area (Å²) >= 11 is 0. The smallest absolute Gasteiger partial charge is 0.0998 e. The molecule has 7 aromatic carbocycles. The minimum atomic E-state index is 0.489. The summed E-state index contributed by atoms with van der Waals surface area (Å²) in [5.74, 6) is 0. The first-order valence-electron chi connectivity index (χ1n) is 15.9. The molecule has 4 nitrogen and oxygen atoms in total. The largest absolute Gasteiger partial charge is 0.309 e. The molecule has 0 spiro atoms. The number of para-hydroxylation sites is 3. The highest BCUT2D eigenvalue weighted by Gasteiger charge is 2.20. The third-order valence-electron chi connectivity index (χ3n) is 9.39. The monoisotopic (exact) mass is 610 g/mol. The maximum atomic E-state index is 10.0. The lowest BCUT2D eigenvalue weighted by molar-refractivity contribution is 1.17. The van der Waals surface area contributed by atoms with Crippen molar-refractivity contribution < 1.29 is 0 Å². The first kappa shape index (κ1) is 27.4. The van der Waals surface area contributed by atoms with Crippen molar-refractivity contribution >= 4 is 43.6 Å². The minimum absolute atomic E-state index is 0.489. The van der Waals surface area contributed by atoms with E-state index in [9.17, 15) is 10.5 Å². The van der Waals surface area contributed by atoms with Crippen molar-refractivity contribution in [3.05, 3.63) is 169 Å². The van der Waals surface area contributed by atoms with E-state index in [1.807, 2.05) is 18.2 Å². The van der Waals surface area contributed by atoms with Crippen LogP contribution in [0.1, 0.15) is 11.1 Å².